The molecule has 3 heterocycles. The maximum atomic E-state index is 13.0. The monoisotopic (exact) mass is 448 g/mol. The average molecular weight is 449 g/mol. The van der Waals surface area contributed by atoms with E-state index in [1.54, 1.807) is 23.0 Å². The van der Waals surface area contributed by atoms with Crippen molar-refractivity contribution < 1.29 is 14.3 Å². The van der Waals surface area contributed by atoms with Gasteiger partial charge >= 0.3 is 0 Å². The second kappa shape index (κ2) is 9.72. The Morgan fingerprint density at radius 3 is 2.52 bits per heavy atom. The van der Waals surface area contributed by atoms with Crippen molar-refractivity contribution in [2.45, 2.75) is 20.4 Å². The molecule has 1 aliphatic heterocycles. The third-order valence-electron chi connectivity index (χ3n) is 5.71. The molecule has 4 rings (SSSR count). The molecule has 1 aromatic carbocycles. The largest absolute Gasteiger partial charge is 0.481 e. The van der Waals surface area contributed by atoms with Crippen LogP contribution in [0.15, 0.2) is 48.7 Å². The first-order valence-corrected chi connectivity index (χ1v) is 10.9. The minimum absolute atomic E-state index is 0.0542. The average Bonchev–Trinajstić information content (AvgIpc) is 3.15. The van der Waals surface area contributed by atoms with Crippen LogP contribution in [0.5, 0.6) is 5.88 Å². The van der Waals surface area contributed by atoms with Crippen molar-refractivity contribution in [3.05, 3.63) is 65.6 Å². The van der Waals surface area contributed by atoms with Crippen molar-refractivity contribution in [2.75, 3.05) is 43.5 Å². The van der Waals surface area contributed by atoms with E-state index in [4.69, 9.17) is 4.74 Å². The van der Waals surface area contributed by atoms with Gasteiger partial charge in [0.25, 0.3) is 5.91 Å². The first-order valence-electron chi connectivity index (χ1n) is 10.9. The summed E-state index contributed by atoms with van der Waals surface area (Å²) in [6.07, 6.45) is 1.59. The number of carbonyl (C=O) groups excluding carboxylic acids is 2. The van der Waals surface area contributed by atoms with Gasteiger partial charge in [-0.2, -0.15) is 5.10 Å². The summed E-state index contributed by atoms with van der Waals surface area (Å²) in [6, 6.07) is 12.9. The van der Waals surface area contributed by atoms with E-state index in [0.717, 1.165) is 17.1 Å². The molecule has 0 unspecified atom stereocenters. The summed E-state index contributed by atoms with van der Waals surface area (Å²) in [4.78, 5) is 33.9. The maximum absolute atomic E-state index is 13.0. The number of nitrogens with one attached hydrogen (secondary N) is 1. The van der Waals surface area contributed by atoms with Crippen molar-refractivity contribution in [1.29, 1.82) is 0 Å². The lowest BCUT2D eigenvalue weighted by atomic mass is 10.1. The normalized spacial score (nSPS) is 13.7. The van der Waals surface area contributed by atoms with Gasteiger partial charge in [0.05, 0.1) is 18.4 Å². The third kappa shape index (κ3) is 5.14. The fraction of sp³-hybridized carbons (Fsp3) is 0.333. The number of rotatable bonds is 6. The molecule has 0 radical (unpaired) electrons. The lowest BCUT2D eigenvalue weighted by Crippen LogP contribution is -2.50. The summed E-state index contributed by atoms with van der Waals surface area (Å²) in [5, 5.41) is 7.30. The number of nitrogens with zero attached hydrogens (tertiary/aromatic N) is 5. The molecule has 2 amide bonds. The highest BCUT2D eigenvalue weighted by molar-refractivity contribution is 6.08. The van der Waals surface area contributed by atoms with E-state index in [2.05, 4.69) is 20.3 Å². The first-order chi connectivity index (χ1) is 15.9. The van der Waals surface area contributed by atoms with Crippen LogP contribution in [-0.4, -0.2) is 64.8 Å². The lowest BCUT2D eigenvalue weighted by molar-refractivity contribution is -0.132. The number of methoxy groups -OCH3 is 1. The van der Waals surface area contributed by atoms with Gasteiger partial charge in [-0.3, -0.25) is 14.3 Å². The molecule has 0 atom stereocenters. The maximum Gasteiger partial charge on any atom is 0.257 e. The minimum Gasteiger partial charge on any atom is -0.481 e. The summed E-state index contributed by atoms with van der Waals surface area (Å²) in [6.45, 7) is 6.60. The number of anilines is 2. The van der Waals surface area contributed by atoms with E-state index in [1.165, 1.54) is 7.11 Å². The quantitative estimate of drug-likeness (QED) is 0.623. The Balaban J connectivity index is 1.41. The number of amides is 2. The highest BCUT2D eigenvalue weighted by atomic mass is 16.5. The number of piperazine rings is 1. The van der Waals surface area contributed by atoms with Crippen LogP contribution in [0.3, 0.4) is 0 Å². The number of ether oxygens (including phenoxy) is 1. The molecule has 1 aliphatic rings. The topological polar surface area (TPSA) is 92.6 Å². The Labute approximate surface area is 193 Å². The van der Waals surface area contributed by atoms with Crippen LogP contribution < -0.4 is 15.0 Å². The van der Waals surface area contributed by atoms with E-state index < -0.39 is 0 Å². The molecule has 1 N–H and O–H groups in total. The lowest BCUT2D eigenvalue weighted by Gasteiger charge is -2.37. The Bertz CT molecular complexity index is 1150. The molecule has 1 saturated heterocycles. The molecule has 0 spiro atoms. The van der Waals surface area contributed by atoms with E-state index in [0.29, 0.717) is 43.3 Å². The number of aromatic nitrogens is 3. The van der Waals surface area contributed by atoms with Crippen LogP contribution in [0.4, 0.5) is 11.4 Å². The highest BCUT2D eigenvalue weighted by Crippen LogP contribution is 2.24. The van der Waals surface area contributed by atoms with E-state index in [1.807, 2.05) is 49.1 Å². The minimum atomic E-state index is -0.207. The fourth-order valence-corrected chi connectivity index (χ4v) is 4.00. The van der Waals surface area contributed by atoms with Crippen LogP contribution in [0, 0.1) is 13.8 Å². The molecule has 33 heavy (non-hydrogen) atoms. The number of para-hydroxylation sites is 1. The Kier molecular flexibility index (Phi) is 6.58. The molecule has 0 saturated carbocycles. The molecule has 0 bridgehead atoms. The highest BCUT2D eigenvalue weighted by Gasteiger charge is 2.24. The zero-order chi connectivity index (χ0) is 23.4. The fourth-order valence-electron chi connectivity index (χ4n) is 4.00. The molecule has 3 aromatic rings. The standard InChI is InChI=1S/C24H28N6O3/c1-17-14-18(2)30(27-17)16-23(31)29-12-10-28(11-13-29)21-7-5-4-6-20(21)24(32)26-19-8-9-25-22(15-19)33-3/h4-9,14-15H,10-13,16H2,1-3H3,(H,25,26,32). The Morgan fingerprint density at radius 2 is 1.82 bits per heavy atom. The smallest absolute Gasteiger partial charge is 0.257 e. The van der Waals surface area contributed by atoms with Crippen LogP contribution in [-0.2, 0) is 11.3 Å². The number of carbonyl (C=O) groups is 2. The molecular weight excluding hydrogens is 420 g/mol. The summed E-state index contributed by atoms with van der Waals surface area (Å²) < 4.78 is 6.88. The van der Waals surface area contributed by atoms with E-state index in [-0.39, 0.29) is 18.4 Å². The van der Waals surface area contributed by atoms with Gasteiger partial charge in [0, 0.05) is 55.5 Å². The van der Waals surface area contributed by atoms with Gasteiger partial charge in [-0.1, -0.05) is 12.1 Å². The van der Waals surface area contributed by atoms with Crippen LogP contribution in [0.2, 0.25) is 0 Å². The second-order valence-corrected chi connectivity index (χ2v) is 8.01. The summed E-state index contributed by atoms with van der Waals surface area (Å²) in [7, 11) is 1.53. The van der Waals surface area contributed by atoms with Crippen LogP contribution in [0.25, 0.3) is 0 Å². The first kappa shape index (κ1) is 22.3. The number of hydrogen-bond donors (Lipinski definition) is 1. The zero-order valence-corrected chi connectivity index (χ0v) is 19.1. The number of aryl methyl sites for hydroxylation is 2. The molecule has 2 aromatic heterocycles. The molecule has 1 fully saturated rings. The summed E-state index contributed by atoms with van der Waals surface area (Å²) in [5.74, 6) is 0.280. The third-order valence-corrected chi connectivity index (χ3v) is 5.71. The van der Waals surface area contributed by atoms with Crippen molar-refractivity contribution in [2.24, 2.45) is 0 Å². The van der Waals surface area contributed by atoms with E-state index >= 15 is 0 Å². The number of benzene rings is 1. The Hall–Kier alpha value is -3.88. The molecular formula is C24H28N6O3. The Morgan fingerprint density at radius 1 is 1.06 bits per heavy atom. The van der Waals surface area contributed by atoms with Gasteiger partial charge in [-0.05, 0) is 38.1 Å². The van der Waals surface area contributed by atoms with Crippen molar-refractivity contribution in [3.63, 3.8) is 0 Å². The predicted octanol–water partition coefficient (Wildman–Crippen LogP) is 2.50. The van der Waals surface area contributed by atoms with Crippen molar-refractivity contribution >= 4 is 23.2 Å². The predicted molar refractivity (Wildman–Crippen MR) is 126 cm³/mol. The number of hydrogen-bond acceptors (Lipinski definition) is 6. The van der Waals surface area contributed by atoms with Crippen LogP contribution in [0.1, 0.15) is 21.7 Å². The zero-order valence-electron chi connectivity index (χ0n) is 19.1. The van der Waals surface area contributed by atoms with Crippen LogP contribution >= 0.6 is 0 Å². The van der Waals surface area contributed by atoms with Gasteiger partial charge in [-0.25, -0.2) is 4.98 Å². The molecule has 9 heteroatoms. The molecule has 9 nitrogen and oxygen atoms in total. The molecule has 0 aliphatic carbocycles. The van der Waals surface area contributed by atoms with E-state index in [9.17, 15) is 9.59 Å². The van der Waals surface area contributed by atoms with Gasteiger partial charge in [0.2, 0.25) is 11.8 Å². The second-order valence-electron chi connectivity index (χ2n) is 8.01. The summed E-state index contributed by atoms with van der Waals surface area (Å²) >= 11 is 0. The molecule has 172 valence electrons. The van der Waals surface area contributed by atoms with Gasteiger partial charge < -0.3 is 19.9 Å². The van der Waals surface area contributed by atoms with Gasteiger partial charge in [0.15, 0.2) is 0 Å². The summed E-state index contributed by atoms with van der Waals surface area (Å²) in [5.41, 5.74) is 3.93. The van der Waals surface area contributed by atoms with Crippen molar-refractivity contribution in [3.8, 4) is 5.88 Å². The van der Waals surface area contributed by atoms with Crippen molar-refractivity contribution in [1.82, 2.24) is 19.7 Å². The van der Waals surface area contributed by atoms with Gasteiger partial charge in [-0.15, -0.1) is 0 Å². The van der Waals surface area contributed by atoms with Gasteiger partial charge in [0.1, 0.15) is 6.54 Å². The number of pyridine rings is 1. The SMILES string of the molecule is COc1cc(NC(=O)c2ccccc2N2CCN(C(=O)Cn3nc(C)cc3C)CC2)ccn1.